The van der Waals surface area contributed by atoms with Crippen molar-refractivity contribution in [3.8, 4) is 17.0 Å². The van der Waals surface area contributed by atoms with Gasteiger partial charge in [0, 0.05) is 27.1 Å². The Morgan fingerprint density at radius 2 is 1.46 bits per heavy atom. The van der Waals surface area contributed by atoms with Crippen molar-refractivity contribution in [1.82, 2.24) is 10.3 Å². The van der Waals surface area contributed by atoms with Gasteiger partial charge in [-0.25, -0.2) is 4.98 Å². The molecule has 7 rings (SSSR count). The summed E-state index contributed by atoms with van der Waals surface area (Å²) in [4.78, 5) is 46.5. The lowest BCUT2D eigenvalue weighted by atomic mass is 10.0. The molecular weight excluding hydrogens is 713 g/mol. The Morgan fingerprint density at radius 3 is 2.24 bits per heavy atom. The van der Waals surface area contributed by atoms with Gasteiger partial charge in [-0.3, -0.25) is 14.4 Å². The molecule has 1 atom stereocenters. The number of benzene rings is 6. The van der Waals surface area contributed by atoms with E-state index in [0.29, 0.717) is 16.4 Å². The van der Waals surface area contributed by atoms with Crippen molar-refractivity contribution in [3.63, 3.8) is 0 Å². The number of carbonyl (C=O) groups excluding carboxylic acids is 3. The SMILES string of the molecule is COc1ccc(-c2csc(NC(=O)C(Sc3cccc(NC(=O)/C(=C\c4cccc5ccccc45)NC(=O)c4ccccc4)c3)c3ccccc3)n2)cc1. The molecule has 1 heterocycles. The molecule has 3 N–H and O–H groups in total. The maximum atomic E-state index is 13.9. The van der Waals surface area contributed by atoms with Gasteiger partial charge in [0.2, 0.25) is 5.91 Å². The molecule has 54 heavy (non-hydrogen) atoms. The summed E-state index contributed by atoms with van der Waals surface area (Å²) in [6.45, 7) is 0. The van der Waals surface area contributed by atoms with Crippen LogP contribution in [0.25, 0.3) is 28.1 Å². The standard InChI is InChI=1S/C44H34N4O4S2/c1-52-35-24-22-30(23-25-35)39-28-53-44(47-39)48-43(51)40(31-13-4-2-5-14-31)54-36-20-11-19-34(27-36)45-42(50)38(46-41(49)32-15-6-3-7-16-32)26-33-18-10-17-29-12-8-9-21-37(29)33/h2-28,40H,1H3,(H,45,50)(H,46,49)(H,47,48,51)/b38-26+. The number of carbonyl (C=O) groups is 3. The highest BCUT2D eigenvalue weighted by atomic mass is 32.2. The minimum atomic E-state index is -0.627. The van der Waals surface area contributed by atoms with E-state index in [2.05, 4.69) is 20.9 Å². The van der Waals surface area contributed by atoms with E-state index in [1.807, 2.05) is 127 Å². The van der Waals surface area contributed by atoms with Crippen LogP contribution in [-0.2, 0) is 9.59 Å². The number of anilines is 2. The number of hydrogen-bond donors (Lipinski definition) is 3. The van der Waals surface area contributed by atoms with Gasteiger partial charge in [-0.2, -0.15) is 0 Å². The molecule has 0 radical (unpaired) electrons. The molecular formula is C44H34N4O4S2. The number of aromatic nitrogens is 1. The van der Waals surface area contributed by atoms with E-state index >= 15 is 0 Å². The predicted molar refractivity (Wildman–Crippen MR) is 219 cm³/mol. The van der Waals surface area contributed by atoms with Gasteiger partial charge in [-0.15, -0.1) is 23.1 Å². The summed E-state index contributed by atoms with van der Waals surface area (Å²) in [7, 11) is 1.62. The van der Waals surface area contributed by atoms with Crippen LogP contribution in [-0.4, -0.2) is 29.8 Å². The smallest absolute Gasteiger partial charge is 0.272 e. The van der Waals surface area contributed by atoms with Crippen LogP contribution in [0.3, 0.4) is 0 Å². The monoisotopic (exact) mass is 746 g/mol. The van der Waals surface area contributed by atoms with Crippen molar-refractivity contribution in [2.24, 2.45) is 0 Å². The molecule has 1 aromatic heterocycles. The van der Waals surface area contributed by atoms with Crippen LogP contribution in [0.1, 0.15) is 26.7 Å². The van der Waals surface area contributed by atoms with E-state index in [4.69, 9.17) is 4.74 Å². The number of fused-ring (bicyclic) bond motifs is 1. The largest absolute Gasteiger partial charge is 0.497 e. The van der Waals surface area contributed by atoms with Crippen LogP contribution in [0.2, 0.25) is 0 Å². The predicted octanol–water partition coefficient (Wildman–Crippen LogP) is 9.85. The summed E-state index contributed by atoms with van der Waals surface area (Å²) >= 11 is 2.70. The number of methoxy groups -OCH3 is 1. The molecule has 0 bridgehead atoms. The fourth-order valence-electron chi connectivity index (χ4n) is 5.75. The maximum Gasteiger partial charge on any atom is 0.272 e. The second-order valence-electron chi connectivity index (χ2n) is 12.1. The maximum absolute atomic E-state index is 13.9. The van der Waals surface area contributed by atoms with Crippen molar-refractivity contribution in [3.05, 3.63) is 179 Å². The van der Waals surface area contributed by atoms with E-state index in [0.717, 1.165) is 43.8 Å². The quantitative estimate of drug-likeness (QED) is 0.0849. The molecule has 0 saturated heterocycles. The second kappa shape index (κ2) is 16.9. The Morgan fingerprint density at radius 1 is 0.759 bits per heavy atom. The number of nitrogens with one attached hydrogen (secondary N) is 3. The third-order valence-electron chi connectivity index (χ3n) is 8.46. The molecule has 0 aliphatic rings. The molecule has 1 unspecified atom stereocenters. The van der Waals surface area contributed by atoms with E-state index < -0.39 is 17.1 Å². The van der Waals surface area contributed by atoms with Crippen molar-refractivity contribution < 1.29 is 19.1 Å². The average Bonchev–Trinajstić information content (AvgIpc) is 3.69. The van der Waals surface area contributed by atoms with Crippen molar-refractivity contribution >= 4 is 68.5 Å². The Bertz CT molecular complexity index is 2440. The van der Waals surface area contributed by atoms with Gasteiger partial charge in [-0.05, 0) is 82.6 Å². The zero-order valence-corrected chi connectivity index (χ0v) is 30.7. The van der Waals surface area contributed by atoms with E-state index in [1.54, 1.807) is 43.5 Å². The highest BCUT2D eigenvalue weighted by Gasteiger charge is 2.24. The Hall–Kier alpha value is -6.49. The highest BCUT2D eigenvalue weighted by Crippen LogP contribution is 2.38. The van der Waals surface area contributed by atoms with Gasteiger partial charge >= 0.3 is 0 Å². The number of thiazole rings is 1. The number of ether oxygens (including phenoxy) is 1. The Balaban J connectivity index is 1.12. The number of nitrogens with zero attached hydrogens (tertiary/aromatic N) is 1. The first-order chi connectivity index (χ1) is 26.4. The van der Waals surface area contributed by atoms with Crippen molar-refractivity contribution in [1.29, 1.82) is 0 Å². The third-order valence-corrected chi connectivity index (χ3v) is 10.5. The van der Waals surface area contributed by atoms with Crippen LogP contribution in [0.15, 0.2) is 168 Å². The topological polar surface area (TPSA) is 109 Å². The molecule has 6 aromatic carbocycles. The van der Waals surface area contributed by atoms with Gasteiger partial charge in [0.1, 0.15) is 16.7 Å². The molecule has 0 aliphatic carbocycles. The van der Waals surface area contributed by atoms with Crippen LogP contribution in [0.4, 0.5) is 10.8 Å². The first-order valence-corrected chi connectivity index (χ1v) is 18.8. The van der Waals surface area contributed by atoms with E-state index in [9.17, 15) is 14.4 Å². The molecule has 0 fully saturated rings. The number of thioether (sulfide) groups is 1. The molecule has 0 saturated carbocycles. The van der Waals surface area contributed by atoms with Crippen LogP contribution >= 0.6 is 23.1 Å². The van der Waals surface area contributed by atoms with Crippen LogP contribution in [0, 0.1) is 0 Å². The third kappa shape index (κ3) is 8.75. The fourth-order valence-corrected chi connectivity index (χ4v) is 7.56. The van der Waals surface area contributed by atoms with Gasteiger partial charge in [0.15, 0.2) is 5.13 Å². The van der Waals surface area contributed by atoms with Crippen molar-refractivity contribution in [2.75, 3.05) is 17.7 Å². The molecule has 7 aromatic rings. The Labute approximate surface area is 320 Å². The van der Waals surface area contributed by atoms with Gasteiger partial charge in [0.05, 0.1) is 12.8 Å². The van der Waals surface area contributed by atoms with Gasteiger partial charge in [-0.1, -0.05) is 97.1 Å². The minimum Gasteiger partial charge on any atom is -0.497 e. The second-order valence-corrected chi connectivity index (χ2v) is 14.1. The summed E-state index contributed by atoms with van der Waals surface area (Å²) in [5.74, 6) is -0.389. The minimum absolute atomic E-state index is 0.0808. The lowest BCUT2D eigenvalue weighted by Gasteiger charge is -2.17. The average molecular weight is 747 g/mol. The van der Waals surface area contributed by atoms with Gasteiger partial charge < -0.3 is 20.7 Å². The zero-order chi connectivity index (χ0) is 37.3. The van der Waals surface area contributed by atoms with E-state index in [1.165, 1.54) is 23.1 Å². The molecule has 3 amide bonds. The summed E-state index contributed by atoms with van der Waals surface area (Å²) in [5.41, 5.74) is 4.26. The lowest BCUT2D eigenvalue weighted by molar-refractivity contribution is -0.116. The molecule has 266 valence electrons. The molecule has 10 heteroatoms. The molecule has 0 aliphatic heterocycles. The van der Waals surface area contributed by atoms with E-state index in [-0.39, 0.29) is 11.6 Å². The van der Waals surface area contributed by atoms with Gasteiger partial charge in [0.25, 0.3) is 11.8 Å². The number of rotatable bonds is 12. The van der Waals surface area contributed by atoms with Crippen molar-refractivity contribution in [2.45, 2.75) is 10.1 Å². The number of hydrogen-bond acceptors (Lipinski definition) is 7. The summed E-state index contributed by atoms with van der Waals surface area (Å²) in [6, 6.07) is 46.8. The zero-order valence-electron chi connectivity index (χ0n) is 29.1. The Kier molecular flexibility index (Phi) is 11.2. The van der Waals surface area contributed by atoms with Crippen LogP contribution < -0.4 is 20.7 Å². The highest BCUT2D eigenvalue weighted by molar-refractivity contribution is 8.00. The number of amides is 3. The summed E-state index contributed by atoms with van der Waals surface area (Å²) in [5, 5.41) is 12.5. The molecule has 8 nitrogen and oxygen atoms in total. The first-order valence-electron chi connectivity index (χ1n) is 17.0. The summed E-state index contributed by atoms with van der Waals surface area (Å²) in [6.07, 6.45) is 1.69. The normalized spacial score (nSPS) is 11.8. The van der Waals surface area contributed by atoms with Crippen LogP contribution in [0.5, 0.6) is 5.75 Å². The lowest BCUT2D eigenvalue weighted by Crippen LogP contribution is -2.30. The molecule has 0 spiro atoms. The summed E-state index contributed by atoms with van der Waals surface area (Å²) < 4.78 is 5.26. The fraction of sp³-hybridized carbons (Fsp3) is 0.0455. The first kappa shape index (κ1) is 35.9.